The fraction of sp³-hybridized carbons (Fsp3) is 0.136. The van der Waals surface area contributed by atoms with Crippen LogP contribution in [0.4, 0.5) is 0 Å². The number of aromatic nitrogens is 3. The fourth-order valence-corrected chi connectivity index (χ4v) is 4.21. The second kappa shape index (κ2) is 8.02. The SMILES string of the molecule is Cc1cc(C=Nn2c(C)nc3ccc(Br)cc3c2=O)c(C)n1-c1cccc(Cl)c1Cl. The van der Waals surface area contributed by atoms with Crippen LogP contribution in [0, 0.1) is 20.8 Å². The molecule has 0 spiro atoms. The zero-order chi connectivity index (χ0) is 21.6. The quantitative estimate of drug-likeness (QED) is 0.319. The maximum atomic E-state index is 12.9. The van der Waals surface area contributed by atoms with E-state index in [1.54, 1.807) is 25.3 Å². The molecule has 0 saturated carbocycles. The first-order valence-corrected chi connectivity index (χ1v) is 10.7. The number of benzene rings is 2. The summed E-state index contributed by atoms with van der Waals surface area (Å²) in [6, 6.07) is 12.9. The van der Waals surface area contributed by atoms with E-state index in [1.165, 1.54) is 4.68 Å². The van der Waals surface area contributed by atoms with E-state index in [9.17, 15) is 4.79 Å². The van der Waals surface area contributed by atoms with Crippen molar-refractivity contribution in [3.63, 3.8) is 0 Å². The average Bonchev–Trinajstić information content (AvgIpc) is 2.98. The number of halogens is 3. The molecule has 0 bridgehead atoms. The van der Waals surface area contributed by atoms with E-state index in [1.807, 2.05) is 48.7 Å². The molecule has 4 rings (SSSR count). The van der Waals surface area contributed by atoms with Crippen LogP contribution in [0.5, 0.6) is 0 Å². The number of aryl methyl sites for hydroxylation is 2. The first-order chi connectivity index (χ1) is 14.3. The van der Waals surface area contributed by atoms with E-state index in [0.717, 1.165) is 27.1 Å². The third-order valence-electron chi connectivity index (χ3n) is 4.92. The highest BCUT2D eigenvalue weighted by molar-refractivity contribution is 9.10. The third-order valence-corrected chi connectivity index (χ3v) is 6.23. The lowest BCUT2D eigenvalue weighted by Gasteiger charge is -2.12. The van der Waals surface area contributed by atoms with Gasteiger partial charge in [-0.3, -0.25) is 4.79 Å². The van der Waals surface area contributed by atoms with Crippen LogP contribution in [0.3, 0.4) is 0 Å². The molecule has 152 valence electrons. The first kappa shape index (κ1) is 20.8. The lowest BCUT2D eigenvalue weighted by Crippen LogP contribution is -2.20. The Morgan fingerprint density at radius 3 is 2.63 bits per heavy atom. The lowest BCUT2D eigenvalue weighted by molar-refractivity contribution is 0.770. The van der Waals surface area contributed by atoms with Crippen LogP contribution in [0.2, 0.25) is 10.0 Å². The Labute approximate surface area is 191 Å². The molecule has 0 radical (unpaired) electrons. The minimum Gasteiger partial charge on any atom is -0.316 e. The molecule has 0 aliphatic carbocycles. The van der Waals surface area contributed by atoms with Gasteiger partial charge in [-0.15, -0.1) is 0 Å². The van der Waals surface area contributed by atoms with Crippen molar-refractivity contribution in [3.8, 4) is 5.69 Å². The molecule has 0 saturated heterocycles. The van der Waals surface area contributed by atoms with Crippen molar-refractivity contribution in [2.45, 2.75) is 20.8 Å². The summed E-state index contributed by atoms with van der Waals surface area (Å²) in [5, 5.41) is 5.92. The van der Waals surface area contributed by atoms with Crippen LogP contribution < -0.4 is 5.56 Å². The Kier molecular flexibility index (Phi) is 5.57. The number of hydrogen-bond acceptors (Lipinski definition) is 3. The van der Waals surface area contributed by atoms with Gasteiger partial charge in [-0.25, -0.2) is 4.98 Å². The van der Waals surface area contributed by atoms with Crippen molar-refractivity contribution in [2.24, 2.45) is 5.10 Å². The lowest BCUT2D eigenvalue weighted by atomic mass is 10.2. The Bertz CT molecular complexity index is 1390. The smallest absolute Gasteiger partial charge is 0.282 e. The van der Waals surface area contributed by atoms with Gasteiger partial charge >= 0.3 is 0 Å². The molecule has 0 N–H and O–H groups in total. The van der Waals surface area contributed by atoms with Gasteiger partial charge in [-0.1, -0.05) is 45.2 Å². The van der Waals surface area contributed by atoms with Crippen molar-refractivity contribution in [3.05, 3.63) is 90.1 Å². The van der Waals surface area contributed by atoms with Gasteiger partial charge in [0.2, 0.25) is 0 Å². The molecule has 0 aliphatic heterocycles. The Morgan fingerprint density at radius 1 is 1.10 bits per heavy atom. The summed E-state index contributed by atoms with van der Waals surface area (Å²) < 4.78 is 4.14. The molecular formula is C22H17BrCl2N4O. The van der Waals surface area contributed by atoms with Gasteiger partial charge in [-0.2, -0.15) is 9.78 Å². The van der Waals surface area contributed by atoms with Crippen LogP contribution >= 0.6 is 39.1 Å². The Hall–Kier alpha value is -2.41. The van der Waals surface area contributed by atoms with Gasteiger partial charge in [0, 0.05) is 21.4 Å². The van der Waals surface area contributed by atoms with Crippen molar-refractivity contribution in [1.82, 2.24) is 14.2 Å². The van der Waals surface area contributed by atoms with Crippen molar-refractivity contribution < 1.29 is 0 Å². The van der Waals surface area contributed by atoms with E-state index in [-0.39, 0.29) is 5.56 Å². The molecule has 0 aliphatic rings. The molecule has 30 heavy (non-hydrogen) atoms. The average molecular weight is 504 g/mol. The normalized spacial score (nSPS) is 11.7. The van der Waals surface area contributed by atoms with Gasteiger partial charge < -0.3 is 4.57 Å². The highest BCUT2D eigenvalue weighted by atomic mass is 79.9. The zero-order valence-electron chi connectivity index (χ0n) is 16.4. The van der Waals surface area contributed by atoms with Crippen molar-refractivity contribution >= 4 is 56.2 Å². The highest BCUT2D eigenvalue weighted by Crippen LogP contribution is 2.31. The maximum absolute atomic E-state index is 12.9. The first-order valence-electron chi connectivity index (χ1n) is 9.14. The number of hydrogen-bond donors (Lipinski definition) is 0. The Balaban J connectivity index is 1.81. The molecule has 2 heterocycles. The Morgan fingerprint density at radius 2 is 1.87 bits per heavy atom. The van der Waals surface area contributed by atoms with E-state index in [2.05, 4.69) is 26.0 Å². The molecule has 0 amide bonds. The van der Waals surface area contributed by atoms with Crippen LogP contribution in [0.15, 0.2) is 56.8 Å². The van der Waals surface area contributed by atoms with Crippen molar-refractivity contribution in [2.75, 3.05) is 0 Å². The predicted molar refractivity (Wildman–Crippen MR) is 127 cm³/mol. The third kappa shape index (κ3) is 3.60. The summed E-state index contributed by atoms with van der Waals surface area (Å²) in [5.41, 5.74) is 3.99. The second-order valence-corrected chi connectivity index (χ2v) is 8.62. The molecule has 4 aromatic rings. The molecule has 5 nitrogen and oxygen atoms in total. The molecule has 2 aromatic heterocycles. The summed E-state index contributed by atoms with van der Waals surface area (Å²) in [5.74, 6) is 0.512. The maximum Gasteiger partial charge on any atom is 0.282 e. The summed E-state index contributed by atoms with van der Waals surface area (Å²) in [4.78, 5) is 17.4. The van der Waals surface area contributed by atoms with Gasteiger partial charge in [0.1, 0.15) is 5.82 Å². The zero-order valence-corrected chi connectivity index (χ0v) is 19.5. The topological polar surface area (TPSA) is 52.2 Å². The van der Waals surface area contributed by atoms with Crippen molar-refractivity contribution in [1.29, 1.82) is 0 Å². The van der Waals surface area contributed by atoms with Crippen LogP contribution in [0.25, 0.3) is 16.6 Å². The standard InChI is InChI=1S/C22H17BrCl2N4O/c1-12-9-15(13(2)28(12)20-6-4-5-18(24)21(20)25)11-26-29-14(3)27-19-8-7-16(23)10-17(19)22(29)30/h4-11H,1-3H3. The summed E-state index contributed by atoms with van der Waals surface area (Å²) in [6.45, 7) is 5.71. The molecule has 8 heteroatoms. The minimum absolute atomic E-state index is 0.221. The second-order valence-electron chi connectivity index (χ2n) is 6.92. The highest BCUT2D eigenvalue weighted by Gasteiger charge is 2.14. The van der Waals surface area contributed by atoms with Gasteiger partial charge in [0.25, 0.3) is 5.56 Å². The minimum atomic E-state index is -0.221. The number of rotatable bonds is 3. The molecular weight excluding hydrogens is 487 g/mol. The van der Waals surface area contributed by atoms with Gasteiger partial charge in [-0.05, 0) is 57.2 Å². The van der Waals surface area contributed by atoms with Gasteiger partial charge in [0.05, 0.1) is 32.9 Å². The summed E-state index contributed by atoms with van der Waals surface area (Å²) in [7, 11) is 0. The summed E-state index contributed by atoms with van der Waals surface area (Å²) in [6.07, 6.45) is 1.66. The van der Waals surface area contributed by atoms with Gasteiger partial charge in [0.15, 0.2) is 0 Å². The number of fused-ring (bicyclic) bond motifs is 1. The summed E-state index contributed by atoms with van der Waals surface area (Å²) >= 11 is 16.0. The fourth-order valence-electron chi connectivity index (χ4n) is 3.47. The molecule has 0 fully saturated rings. The van der Waals surface area contributed by atoms with E-state index >= 15 is 0 Å². The largest absolute Gasteiger partial charge is 0.316 e. The predicted octanol–water partition coefficient (Wildman–Crippen LogP) is 6.06. The van der Waals surface area contributed by atoms with Crippen LogP contribution in [-0.4, -0.2) is 20.4 Å². The molecule has 0 unspecified atom stereocenters. The number of nitrogens with zero attached hydrogens (tertiary/aromatic N) is 4. The molecule has 2 aromatic carbocycles. The van der Waals surface area contributed by atoms with E-state index in [4.69, 9.17) is 23.2 Å². The van der Waals surface area contributed by atoms with Crippen LogP contribution in [0.1, 0.15) is 22.8 Å². The van der Waals surface area contributed by atoms with Crippen LogP contribution in [-0.2, 0) is 0 Å². The molecule has 0 atom stereocenters. The van der Waals surface area contributed by atoms with E-state index in [0.29, 0.717) is 26.8 Å². The monoisotopic (exact) mass is 502 g/mol. The van der Waals surface area contributed by atoms with E-state index < -0.39 is 0 Å².